The maximum absolute atomic E-state index is 4.58. The van der Waals surface area contributed by atoms with Crippen molar-refractivity contribution in [2.75, 3.05) is 6.26 Å². The van der Waals surface area contributed by atoms with E-state index in [1.807, 2.05) is 23.1 Å². The molecule has 2 nitrogen and oxygen atoms in total. The van der Waals surface area contributed by atoms with E-state index >= 15 is 0 Å². The SMILES string of the molecule is CSC1CCCC(NCc2nc(C)c(C)s2)C1. The predicted molar refractivity (Wildman–Crippen MR) is 78.0 cm³/mol. The molecule has 1 aliphatic rings. The van der Waals surface area contributed by atoms with Crippen molar-refractivity contribution in [1.29, 1.82) is 0 Å². The summed E-state index contributed by atoms with van der Waals surface area (Å²) in [4.78, 5) is 5.94. The highest BCUT2D eigenvalue weighted by Gasteiger charge is 2.20. The van der Waals surface area contributed by atoms with Crippen LogP contribution >= 0.6 is 23.1 Å². The van der Waals surface area contributed by atoms with Gasteiger partial charge in [0.15, 0.2) is 0 Å². The van der Waals surface area contributed by atoms with Crippen molar-refractivity contribution < 1.29 is 0 Å². The Labute approximate surface area is 113 Å². The molecule has 2 atom stereocenters. The van der Waals surface area contributed by atoms with Crippen LogP contribution in [0, 0.1) is 13.8 Å². The zero-order valence-electron chi connectivity index (χ0n) is 11.0. The van der Waals surface area contributed by atoms with Crippen LogP contribution in [0.5, 0.6) is 0 Å². The first-order valence-electron chi connectivity index (χ1n) is 6.38. The Kier molecular flexibility index (Phi) is 4.88. The van der Waals surface area contributed by atoms with E-state index in [1.54, 1.807) is 0 Å². The molecule has 96 valence electrons. The quantitative estimate of drug-likeness (QED) is 0.906. The van der Waals surface area contributed by atoms with Gasteiger partial charge in [-0.05, 0) is 39.4 Å². The molecule has 1 N–H and O–H groups in total. The monoisotopic (exact) mass is 270 g/mol. The van der Waals surface area contributed by atoms with Crippen LogP contribution in [0.4, 0.5) is 0 Å². The number of thiazole rings is 1. The van der Waals surface area contributed by atoms with Crippen molar-refractivity contribution in [2.45, 2.75) is 57.4 Å². The van der Waals surface area contributed by atoms with Crippen molar-refractivity contribution in [2.24, 2.45) is 0 Å². The third kappa shape index (κ3) is 3.70. The lowest BCUT2D eigenvalue weighted by Gasteiger charge is -2.28. The lowest BCUT2D eigenvalue weighted by Crippen LogP contribution is -2.34. The molecule has 4 heteroatoms. The highest BCUT2D eigenvalue weighted by molar-refractivity contribution is 7.99. The number of hydrogen-bond acceptors (Lipinski definition) is 4. The largest absolute Gasteiger partial charge is 0.308 e. The van der Waals surface area contributed by atoms with Gasteiger partial charge in [0.2, 0.25) is 0 Å². The van der Waals surface area contributed by atoms with Crippen LogP contribution in [-0.4, -0.2) is 22.5 Å². The van der Waals surface area contributed by atoms with Gasteiger partial charge in [-0.1, -0.05) is 6.42 Å². The predicted octanol–water partition coefficient (Wildman–Crippen LogP) is 3.52. The number of rotatable bonds is 4. The summed E-state index contributed by atoms with van der Waals surface area (Å²) in [6.07, 6.45) is 7.67. The molecule has 1 heterocycles. The lowest BCUT2D eigenvalue weighted by atomic mass is 9.95. The number of thioether (sulfide) groups is 1. The normalized spacial score (nSPS) is 25.1. The van der Waals surface area contributed by atoms with E-state index in [0.717, 1.165) is 11.8 Å². The Morgan fingerprint density at radius 3 is 2.88 bits per heavy atom. The second-order valence-electron chi connectivity index (χ2n) is 4.85. The fourth-order valence-electron chi connectivity index (χ4n) is 2.39. The van der Waals surface area contributed by atoms with E-state index in [2.05, 4.69) is 30.4 Å². The molecule has 1 fully saturated rings. The van der Waals surface area contributed by atoms with Crippen molar-refractivity contribution in [1.82, 2.24) is 10.3 Å². The second-order valence-corrected chi connectivity index (χ2v) is 7.28. The minimum atomic E-state index is 0.700. The second kappa shape index (κ2) is 6.21. The molecule has 0 bridgehead atoms. The van der Waals surface area contributed by atoms with Gasteiger partial charge in [0.05, 0.1) is 5.69 Å². The fourth-order valence-corrected chi connectivity index (χ4v) is 4.10. The molecule has 1 saturated carbocycles. The molecular weight excluding hydrogens is 248 g/mol. The summed E-state index contributed by atoms with van der Waals surface area (Å²) in [7, 11) is 0. The first-order chi connectivity index (χ1) is 8.19. The first kappa shape index (κ1) is 13.4. The van der Waals surface area contributed by atoms with Crippen molar-refractivity contribution in [3.8, 4) is 0 Å². The van der Waals surface area contributed by atoms with Gasteiger partial charge in [-0.2, -0.15) is 11.8 Å². The van der Waals surface area contributed by atoms with Gasteiger partial charge in [-0.15, -0.1) is 11.3 Å². The number of nitrogens with one attached hydrogen (secondary N) is 1. The minimum Gasteiger partial charge on any atom is -0.308 e. The van der Waals surface area contributed by atoms with E-state index < -0.39 is 0 Å². The van der Waals surface area contributed by atoms with Gasteiger partial charge in [-0.3, -0.25) is 0 Å². The summed E-state index contributed by atoms with van der Waals surface area (Å²) in [5.41, 5.74) is 1.19. The Morgan fingerprint density at radius 1 is 1.41 bits per heavy atom. The molecule has 1 aromatic heterocycles. The average molecular weight is 270 g/mol. The summed E-state index contributed by atoms with van der Waals surface area (Å²) in [5.74, 6) is 0. The van der Waals surface area contributed by atoms with Crippen molar-refractivity contribution >= 4 is 23.1 Å². The molecule has 0 amide bonds. The van der Waals surface area contributed by atoms with Gasteiger partial charge >= 0.3 is 0 Å². The summed E-state index contributed by atoms with van der Waals surface area (Å²) < 4.78 is 0. The highest BCUT2D eigenvalue weighted by atomic mass is 32.2. The van der Waals surface area contributed by atoms with E-state index in [1.165, 1.54) is 41.3 Å². The molecule has 0 radical (unpaired) electrons. The van der Waals surface area contributed by atoms with Gasteiger partial charge in [0, 0.05) is 22.7 Å². The summed E-state index contributed by atoms with van der Waals surface area (Å²) in [5, 5.41) is 5.78. The molecule has 2 rings (SSSR count). The molecule has 0 aliphatic heterocycles. The molecular formula is C13H22N2S2. The van der Waals surface area contributed by atoms with Gasteiger partial charge in [0.1, 0.15) is 5.01 Å². The maximum Gasteiger partial charge on any atom is 0.107 e. The maximum atomic E-state index is 4.58. The average Bonchev–Trinajstić information content (AvgIpc) is 2.67. The lowest BCUT2D eigenvalue weighted by molar-refractivity contribution is 0.379. The molecule has 0 aromatic carbocycles. The Hall–Kier alpha value is -0.0600. The number of aromatic nitrogens is 1. The van der Waals surface area contributed by atoms with Crippen LogP contribution < -0.4 is 5.32 Å². The van der Waals surface area contributed by atoms with Gasteiger partial charge in [-0.25, -0.2) is 4.98 Å². The summed E-state index contributed by atoms with van der Waals surface area (Å²) in [6.45, 7) is 5.20. The van der Waals surface area contributed by atoms with Crippen LogP contribution in [0.15, 0.2) is 0 Å². The van der Waals surface area contributed by atoms with E-state index in [4.69, 9.17) is 0 Å². The van der Waals surface area contributed by atoms with Crippen molar-refractivity contribution in [3.05, 3.63) is 15.6 Å². The van der Waals surface area contributed by atoms with Crippen LogP contribution in [0.25, 0.3) is 0 Å². The van der Waals surface area contributed by atoms with E-state index in [0.29, 0.717) is 6.04 Å². The van der Waals surface area contributed by atoms with Crippen LogP contribution in [-0.2, 0) is 6.54 Å². The molecule has 2 unspecified atom stereocenters. The van der Waals surface area contributed by atoms with Gasteiger partial charge < -0.3 is 5.32 Å². The standard InChI is InChI=1S/C13H22N2S2/c1-9-10(2)17-13(15-9)8-14-11-5-4-6-12(7-11)16-3/h11-12,14H,4-8H2,1-3H3. The Bertz CT molecular complexity index is 343. The topological polar surface area (TPSA) is 24.9 Å². The summed E-state index contributed by atoms with van der Waals surface area (Å²) >= 11 is 3.86. The third-order valence-electron chi connectivity index (χ3n) is 3.57. The Morgan fingerprint density at radius 2 is 2.24 bits per heavy atom. The number of aryl methyl sites for hydroxylation is 2. The zero-order chi connectivity index (χ0) is 12.3. The minimum absolute atomic E-state index is 0.700. The molecule has 0 saturated heterocycles. The van der Waals surface area contributed by atoms with E-state index in [9.17, 15) is 0 Å². The molecule has 1 aromatic rings. The van der Waals surface area contributed by atoms with Crippen LogP contribution in [0.1, 0.15) is 41.3 Å². The zero-order valence-corrected chi connectivity index (χ0v) is 12.6. The Balaban J connectivity index is 1.81. The fraction of sp³-hybridized carbons (Fsp3) is 0.769. The smallest absolute Gasteiger partial charge is 0.107 e. The highest BCUT2D eigenvalue weighted by Crippen LogP contribution is 2.27. The van der Waals surface area contributed by atoms with Crippen LogP contribution in [0.3, 0.4) is 0 Å². The first-order valence-corrected chi connectivity index (χ1v) is 8.48. The number of nitrogens with zero attached hydrogens (tertiary/aromatic N) is 1. The van der Waals surface area contributed by atoms with Crippen LogP contribution in [0.2, 0.25) is 0 Å². The van der Waals surface area contributed by atoms with Gasteiger partial charge in [0.25, 0.3) is 0 Å². The van der Waals surface area contributed by atoms with Crippen molar-refractivity contribution in [3.63, 3.8) is 0 Å². The third-order valence-corrected chi connectivity index (χ3v) is 5.74. The molecule has 1 aliphatic carbocycles. The number of hydrogen-bond donors (Lipinski definition) is 1. The summed E-state index contributed by atoms with van der Waals surface area (Å²) in [6, 6.07) is 0.700. The molecule has 0 spiro atoms. The molecule has 17 heavy (non-hydrogen) atoms. The van der Waals surface area contributed by atoms with E-state index in [-0.39, 0.29) is 0 Å².